The van der Waals surface area contributed by atoms with Crippen LogP contribution in [0.4, 0.5) is 17.2 Å². The summed E-state index contributed by atoms with van der Waals surface area (Å²) in [6.45, 7) is 6.00. The van der Waals surface area contributed by atoms with E-state index in [1.165, 1.54) is 0 Å². The van der Waals surface area contributed by atoms with Crippen LogP contribution in [0.1, 0.15) is 12.0 Å². The van der Waals surface area contributed by atoms with E-state index in [0.29, 0.717) is 5.56 Å². The van der Waals surface area contributed by atoms with Crippen LogP contribution in [0.5, 0.6) is 0 Å². The fourth-order valence-corrected chi connectivity index (χ4v) is 3.52. The van der Waals surface area contributed by atoms with Crippen molar-refractivity contribution in [3.05, 3.63) is 66.8 Å². The highest BCUT2D eigenvalue weighted by Crippen LogP contribution is 2.34. The standard InChI is InChI=1S/C22H23N7/c1-16(25-19-14-24-28(3)15-19)29-11-5-10-27(2)21-9-8-20(26-22(21)29)18-7-4-6-17(12-18)13-23/h4,6-9,12,14-15,25H,1,5,10-11H2,2-3H3. The predicted molar refractivity (Wildman–Crippen MR) is 116 cm³/mol. The monoisotopic (exact) mass is 385 g/mol. The zero-order valence-electron chi connectivity index (χ0n) is 16.6. The Balaban J connectivity index is 1.73. The normalized spacial score (nSPS) is 13.4. The summed E-state index contributed by atoms with van der Waals surface area (Å²) in [5.41, 5.74) is 4.31. The van der Waals surface area contributed by atoms with Crippen molar-refractivity contribution >= 4 is 17.2 Å². The molecule has 0 unspecified atom stereocenters. The minimum Gasteiger partial charge on any atom is -0.372 e. The third-order valence-corrected chi connectivity index (χ3v) is 5.00. The first-order chi connectivity index (χ1) is 14.0. The summed E-state index contributed by atoms with van der Waals surface area (Å²) in [4.78, 5) is 9.30. The topological polar surface area (TPSA) is 73.0 Å². The van der Waals surface area contributed by atoms with E-state index in [2.05, 4.69) is 46.0 Å². The first-order valence-electron chi connectivity index (χ1n) is 9.50. The van der Waals surface area contributed by atoms with Gasteiger partial charge in [-0.3, -0.25) is 4.68 Å². The Bertz CT molecular complexity index is 1090. The maximum Gasteiger partial charge on any atom is 0.158 e. The maximum atomic E-state index is 9.22. The van der Waals surface area contributed by atoms with E-state index in [1.54, 1.807) is 16.9 Å². The van der Waals surface area contributed by atoms with Gasteiger partial charge in [0.15, 0.2) is 5.82 Å². The molecule has 7 heteroatoms. The van der Waals surface area contributed by atoms with Crippen LogP contribution in [0.3, 0.4) is 0 Å². The van der Waals surface area contributed by atoms with Crippen molar-refractivity contribution in [2.45, 2.75) is 6.42 Å². The number of hydrogen-bond donors (Lipinski definition) is 1. The molecular formula is C22H23N7. The number of aryl methyl sites for hydroxylation is 1. The number of benzene rings is 1. The molecule has 0 spiro atoms. The second-order valence-electron chi connectivity index (χ2n) is 7.13. The molecule has 1 N–H and O–H groups in total. The number of nitrogens with one attached hydrogen (secondary N) is 1. The molecule has 0 bridgehead atoms. The number of hydrogen-bond acceptors (Lipinski definition) is 6. The lowest BCUT2D eigenvalue weighted by atomic mass is 10.1. The molecule has 0 aliphatic carbocycles. The van der Waals surface area contributed by atoms with E-state index < -0.39 is 0 Å². The molecule has 0 amide bonds. The minimum atomic E-state index is 0.621. The lowest BCUT2D eigenvalue weighted by Gasteiger charge is -2.27. The van der Waals surface area contributed by atoms with Gasteiger partial charge in [0, 0.05) is 38.9 Å². The molecule has 4 rings (SSSR count). The zero-order chi connectivity index (χ0) is 20.4. The Labute approximate surface area is 170 Å². The van der Waals surface area contributed by atoms with E-state index in [9.17, 15) is 5.26 Å². The van der Waals surface area contributed by atoms with Crippen LogP contribution in [0.2, 0.25) is 0 Å². The predicted octanol–water partition coefficient (Wildman–Crippen LogP) is 3.58. The quantitative estimate of drug-likeness (QED) is 0.740. The highest BCUT2D eigenvalue weighted by atomic mass is 15.3. The van der Waals surface area contributed by atoms with Crippen LogP contribution in [0.15, 0.2) is 61.2 Å². The van der Waals surface area contributed by atoms with Crippen LogP contribution in [0.25, 0.3) is 11.3 Å². The lowest BCUT2D eigenvalue weighted by Crippen LogP contribution is -2.27. The van der Waals surface area contributed by atoms with Gasteiger partial charge >= 0.3 is 0 Å². The fourth-order valence-electron chi connectivity index (χ4n) is 3.52. The molecule has 1 aliphatic rings. The summed E-state index contributed by atoms with van der Waals surface area (Å²) in [7, 11) is 3.96. The fraction of sp³-hybridized carbons (Fsp3) is 0.227. The van der Waals surface area contributed by atoms with Crippen LogP contribution in [-0.2, 0) is 7.05 Å². The van der Waals surface area contributed by atoms with Crippen molar-refractivity contribution in [3.63, 3.8) is 0 Å². The Morgan fingerprint density at radius 2 is 2.07 bits per heavy atom. The molecule has 0 saturated heterocycles. The summed E-state index contributed by atoms with van der Waals surface area (Å²) in [5, 5.41) is 16.8. The molecule has 0 atom stereocenters. The van der Waals surface area contributed by atoms with Crippen LogP contribution in [-0.4, -0.2) is 34.9 Å². The number of pyridine rings is 1. The molecule has 7 nitrogen and oxygen atoms in total. The van der Waals surface area contributed by atoms with Crippen molar-refractivity contribution in [1.29, 1.82) is 5.26 Å². The maximum absolute atomic E-state index is 9.22. The van der Waals surface area contributed by atoms with Crippen molar-refractivity contribution < 1.29 is 0 Å². The summed E-state index contributed by atoms with van der Waals surface area (Å²) >= 11 is 0. The Morgan fingerprint density at radius 1 is 1.21 bits per heavy atom. The molecule has 0 radical (unpaired) electrons. The number of nitrogens with zero attached hydrogens (tertiary/aromatic N) is 6. The van der Waals surface area contributed by atoms with Crippen molar-refractivity contribution in [1.82, 2.24) is 14.8 Å². The Hall–Kier alpha value is -3.79. The van der Waals surface area contributed by atoms with Gasteiger partial charge in [-0.2, -0.15) is 10.4 Å². The lowest BCUT2D eigenvalue weighted by molar-refractivity contribution is 0.767. The molecule has 1 aliphatic heterocycles. The molecule has 3 aromatic rings. The third-order valence-electron chi connectivity index (χ3n) is 5.00. The smallest absolute Gasteiger partial charge is 0.158 e. The number of fused-ring (bicyclic) bond motifs is 1. The molecule has 0 fully saturated rings. The van der Waals surface area contributed by atoms with Gasteiger partial charge in [0.2, 0.25) is 0 Å². The van der Waals surface area contributed by atoms with Crippen molar-refractivity contribution in [2.24, 2.45) is 7.05 Å². The van der Waals surface area contributed by atoms with E-state index in [0.717, 1.165) is 53.8 Å². The second-order valence-corrected chi connectivity index (χ2v) is 7.13. The average molecular weight is 385 g/mol. The number of nitriles is 1. The minimum absolute atomic E-state index is 0.621. The van der Waals surface area contributed by atoms with Gasteiger partial charge in [-0.05, 0) is 30.7 Å². The summed E-state index contributed by atoms with van der Waals surface area (Å²) in [6, 6.07) is 13.8. The molecular weight excluding hydrogens is 362 g/mol. The van der Waals surface area contributed by atoms with Gasteiger partial charge in [0.25, 0.3) is 0 Å². The van der Waals surface area contributed by atoms with Gasteiger partial charge in [-0.25, -0.2) is 4.98 Å². The van der Waals surface area contributed by atoms with E-state index in [1.807, 2.05) is 37.5 Å². The van der Waals surface area contributed by atoms with Gasteiger partial charge < -0.3 is 15.1 Å². The summed E-state index contributed by atoms with van der Waals surface area (Å²) in [5.74, 6) is 1.61. The van der Waals surface area contributed by atoms with Crippen LogP contribution < -0.4 is 15.1 Å². The Kier molecular flexibility index (Phi) is 4.92. The van der Waals surface area contributed by atoms with Crippen LogP contribution in [0, 0.1) is 11.3 Å². The SMILES string of the molecule is C=C(Nc1cnn(C)c1)N1CCCN(C)c2ccc(-c3cccc(C#N)c3)nc21. The highest BCUT2D eigenvalue weighted by molar-refractivity contribution is 5.75. The molecule has 29 heavy (non-hydrogen) atoms. The molecule has 146 valence electrons. The van der Waals surface area contributed by atoms with Gasteiger partial charge in [-0.1, -0.05) is 18.7 Å². The zero-order valence-corrected chi connectivity index (χ0v) is 16.6. The summed E-state index contributed by atoms with van der Waals surface area (Å²) in [6.07, 6.45) is 4.67. The number of rotatable bonds is 4. The highest BCUT2D eigenvalue weighted by Gasteiger charge is 2.23. The largest absolute Gasteiger partial charge is 0.372 e. The van der Waals surface area contributed by atoms with E-state index in [-0.39, 0.29) is 0 Å². The second kappa shape index (κ2) is 7.68. The first kappa shape index (κ1) is 18.6. The average Bonchev–Trinajstić information content (AvgIpc) is 3.06. The van der Waals surface area contributed by atoms with Gasteiger partial charge in [0.05, 0.1) is 34.9 Å². The van der Waals surface area contributed by atoms with Crippen LogP contribution >= 0.6 is 0 Å². The van der Waals surface area contributed by atoms with E-state index >= 15 is 0 Å². The number of anilines is 3. The van der Waals surface area contributed by atoms with Gasteiger partial charge in [-0.15, -0.1) is 0 Å². The molecule has 1 aromatic carbocycles. The first-order valence-corrected chi connectivity index (χ1v) is 9.50. The molecule has 2 aromatic heterocycles. The van der Waals surface area contributed by atoms with E-state index in [4.69, 9.17) is 4.98 Å². The van der Waals surface area contributed by atoms with Crippen molar-refractivity contribution in [3.8, 4) is 17.3 Å². The molecule has 0 saturated carbocycles. The third kappa shape index (κ3) is 3.78. The number of aromatic nitrogens is 3. The molecule has 3 heterocycles. The van der Waals surface area contributed by atoms with Gasteiger partial charge in [0.1, 0.15) is 5.82 Å². The van der Waals surface area contributed by atoms with Crippen molar-refractivity contribution in [2.75, 3.05) is 35.3 Å². The summed E-state index contributed by atoms with van der Waals surface area (Å²) < 4.78 is 1.75. The Morgan fingerprint density at radius 3 is 2.83 bits per heavy atom.